The van der Waals surface area contributed by atoms with Crippen LogP contribution in [0.25, 0.3) is 10.8 Å². The van der Waals surface area contributed by atoms with Crippen molar-refractivity contribution in [3.8, 4) is 0 Å². The van der Waals surface area contributed by atoms with E-state index in [1.807, 2.05) is 13.8 Å². The number of halogens is 1. The normalized spacial score (nSPS) is 16.1. The molecule has 3 aromatic rings. The quantitative estimate of drug-likeness (QED) is 0.626. The third kappa shape index (κ3) is 4.44. The lowest BCUT2D eigenvalue weighted by atomic mass is 10.1. The number of carbonyl (C=O) groups excluding carboxylic acids is 1. The number of hydrogen-bond acceptors (Lipinski definition) is 5. The predicted octanol–water partition coefficient (Wildman–Crippen LogP) is 3.96. The molecule has 31 heavy (non-hydrogen) atoms. The summed E-state index contributed by atoms with van der Waals surface area (Å²) in [6.07, 6.45) is 2.07. The Hall–Kier alpha value is -3.26. The maximum Gasteiger partial charge on any atom is 0.276 e. The van der Waals surface area contributed by atoms with Crippen molar-refractivity contribution in [3.05, 3.63) is 64.3 Å². The topological polar surface area (TPSA) is 85.2 Å². The fourth-order valence-electron chi connectivity index (χ4n) is 3.68. The van der Waals surface area contributed by atoms with Gasteiger partial charge in [-0.1, -0.05) is 18.2 Å². The Labute approximate surface area is 179 Å². The first-order valence-electron chi connectivity index (χ1n) is 10.4. The molecule has 0 bridgehead atoms. The van der Waals surface area contributed by atoms with Crippen LogP contribution < -0.4 is 16.2 Å². The summed E-state index contributed by atoms with van der Waals surface area (Å²) in [5.41, 5.74) is 0.517. The minimum absolute atomic E-state index is 0.0924. The Morgan fingerprint density at radius 2 is 2.03 bits per heavy atom. The molecule has 2 N–H and O–H groups in total. The lowest BCUT2D eigenvalue weighted by molar-refractivity contribution is 0.102. The maximum absolute atomic E-state index is 14.5. The van der Waals surface area contributed by atoms with Gasteiger partial charge in [-0.3, -0.25) is 9.59 Å². The average molecular weight is 424 g/mol. The Balaban J connectivity index is 1.57. The highest BCUT2D eigenvalue weighted by Crippen LogP contribution is 2.22. The highest BCUT2D eigenvalue weighted by atomic mass is 19.1. The lowest BCUT2D eigenvalue weighted by Gasteiger charge is -2.15. The van der Waals surface area contributed by atoms with E-state index in [4.69, 9.17) is 4.74 Å². The minimum atomic E-state index is -0.509. The fourth-order valence-corrected chi connectivity index (χ4v) is 3.68. The molecule has 162 valence electrons. The molecule has 2 heterocycles. The molecule has 0 spiro atoms. The van der Waals surface area contributed by atoms with Gasteiger partial charge in [-0.2, -0.15) is 5.10 Å². The molecule has 1 unspecified atom stereocenters. The zero-order valence-corrected chi connectivity index (χ0v) is 17.5. The van der Waals surface area contributed by atoms with Crippen LogP contribution in [-0.4, -0.2) is 34.9 Å². The van der Waals surface area contributed by atoms with E-state index >= 15 is 0 Å². The van der Waals surface area contributed by atoms with Crippen molar-refractivity contribution in [2.24, 2.45) is 0 Å². The predicted molar refractivity (Wildman–Crippen MR) is 118 cm³/mol. The summed E-state index contributed by atoms with van der Waals surface area (Å²) in [5, 5.41) is 10.9. The molecule has 2 aromatic carbocycles. The first-order valence-corrected chi connectivity index (χ1v) is 10.4. The monoisotopic (exact) mass is 424 g/mol. The smallest absolute Gasteiger partial charge is 0.276 e. The van der Waals surface area contributed by atoms with Gasteiger partial charge in [0.25, 0.3) is 11.5 Å². The number of carbonyl (C=O) groups is 1. The molecule has 1 saturated heterocycles. The van der Waals surface area contributed by atoms with Crippen molar-refractivity contribution >= 4 is 28.1 Å². The number of ether oxygens (including phenoxy) is 1. The van der Waals surface area contributed by atoms with Gasteiger partial charge >= 0.3 is 0 Å². The molecule has 1 amide bonds. The molecule has 4 rings (SSSR count). The number of hydrogen-bond donors (Lipinski definition) is 2. The van der Waals surface area contributed by atoms with Crippen LogP contribution >= 0.6 is 0 Å². The summed E-state index contributed by atoms with van der Waals surface area (Å²) in [7, 11) is 0. The van der Waals surface area contributed by atoms with Gasteiger partial charge in [0.15, 0.2) is 5.69 Å². The van der Waals surface area contributed by atoms with Gasteiger partial charge < -0.3 is 15.4 Å². The Morgan fingerprint density at radius 3 is 2.71 bits per heavy atom. The number of fused-ring (bicyclic) bond motifs is 1. The standard InChI is InChI=1S/C23H25FN4O3/c1-14(2)28-23(30)18-8-4-3-7-17(18)21(27-28)22(29)26-15-9-10-20(19(24)12-15)25-13-16-6-5-11-31-16/h3-4,7-10,12,14,16,25H,5-6,11,13H2,1-2H3,(H,26,29). The fraction of sp³-hybridized carbons (Fsp3) is 0.348. The maximum atomic E-state index is 14.5. The van der Waals surface area contributed by atoms with E-state index in [0.29, 0.717) is 28.7 Å². The molecule has 7 nitrogen and oxygen atoms in total. The first-order chi connectivity index (χ1) is 14.9. The zero-order chi connectivity index (χ0) is 22.0. The summed E-state index contributed by atoms with van der Waals surface area (Å²) in [6.45, 7) is 4.92. The SMILES string of the molecule is CC(C)n1nc(C(=O)Nc2ccc(NCC3CCCO3)c(F)c2)c2ccccc2c1=O. The van der Waals surface area contributed by atoms with Gasteiger partial charge in [0, 0.05) is 24.2 Å². The zero-order valence-electron chi connectivity index (χ0n) is 17.5. The highest BCUT2D eigenvalue weighted by Gasteiger charge is 2.19. The second-order valence-corrected chi connectivity index (χ2v) is 7.90. The molecular formula is C23H25FN4O3. The van der Waals surface area contributed by atoms with Gasteiger partial charge in [-0.25, -0.2) is 9.07 Å². The van der Waals surface area contributed by atoms with Gasteiger partial charge in [-0.15, -0.1) is 0 Å². The molecule has 1 atom stereocenters. The van der Waals surface area contributed by atoms with Crippen molar-refractivity contribution in [2.45, 2.75) is 38.8 Å². The van der Waals surface area contributed by atoms with E-state index in [0.717, 1.165) is 19.4 Å². The van der Waals surface area contributed by atoms with Crippen molar-refractivity contribution < 1.29 is 13.9 Å². The first kappa shape index (κ1) is 21.0. The molecule has 8 heteroatoms. The number of rotatable bonds is 6. The molecule has 1 aromatic heterocycles. The lowest BCUT2D eigenvalue weighted by Crippen LogP contribution is -2.29. The third-order valence-electron chi connectivity index (χ3n) is 5.30. The molecule has 0 saturated carbocycles. The summed E-state index contributed by atoms with van der Waals surface area (Å²) in [5.74, 6) is -0.981. The number of benzene rings is 2. The van der Waals surface area contributed by atoms with Crippen molar-refractivity contribution in [3.63, 3.8) is 0 Å². The van der Waals surface area contributed by atoms with Crippen LogP contribution in [0.15, 0.2) is 47.3 Å². The highest BCUT2D eigenvalue weighted by molar-refractivity contribution is 6.11. The van der Waals surface area contributed by atoms with Gasteiger partial charge in [0.05, 0.1) is 23.2 Å². The molecule has 1 aliphatic rings. The van der Waals surface area contributed by atoms with Crippen molar-refractivity contribution in [2.75, 3.05) is 23.8 Å². The number of nitrogens with zero attached hydrogens (tertiary/aromatic N) is 2. The van der Waals surface area contributed by atoms with Gasteiger partial charge in [0.2, 0.25) is 0 Å². The van der Waals surface area contributed by atoms with Crippen LogP contribution in [0.3, 0.4) is 0 Å². The largest absolute Gasteiger partial charge is 0.380 e. The number of amides is 1. The molecule has 0 aliphatic carbocycles. The van der Waals surface area contributed by atoms with Crippen molar-refractivity contribution in [1.82, 2.24) is 9.78 Å². The van der Waals surface area contributed by atoms with Gasteiger partial charge in [-0.05, 0) is 51.0 Å². The summed E-state index contributed by atoms with van der Waals surface area (Å²) in [4.78, 5) is 25.6. The van der Waals surface area contributed by atoms with E-state index in [-0.39, 0.29) is 23.4 Å². The number of anilines is 2. The van der Waals surface area contributed by atoms with Crippen molar-refractivity contribution in [1.29, 1.82) is 0 Å². The second-order valence-electron chi connectivity index (χ2n) is 7.90. The molecule has 1 fully saturated rings. The summed E-state index contributed by atoms with van der Waals surface area (Å²) in [6, 6.07) is 11.1. The van der Waals surface area contributed by atoms with E-state index in [9.17, 15) is 14.0 Å². The van der Waals surface area contributed by atoms with E-state index < -0.39 is 11.7 Å². The minimum Gasteiger partial charge on any atom is -0.380 e. The van der Waals surface area contributed by atoms with Gasteiger partial charge in [0.1, 0.15) is 5.82 Å². The van der Waals surface area contributed by atoms with Crippen LogP contribution in [0.5, 0.6) is 0 Å². The average Bonchev–Trinajstić information content (AvgIpc) is 3.27. The van der Waals surface area contributed by atoms with E-state index in [1.54, 1.807) is 36.4 Å². The Morgan fingerprint density at radius 1 is 1.26 bits per heavy atom. The number of nitrogens with one attached hydrogen (secondary N) is 2. The third-order valence-corrected chi connectivity index (χ3v) is 5.30. The van der Waals surface area contributed by atoms with Crippen LogP contribution in [0, 0.1) is 5.82 Å². The Kier molecular flexibility index (Phi) is 5.99. The molecule has 1 aliphatic heterocycles. The van der Waals surface area contributed by atoms with E-state index in [2.05, 4.69) is 15.7 Å². The van der Waals surface area contributed by atoms with Crippen LogP contribution in [-0.2, 0) is 4.74 Å². The number of aromatic nitrogens is 2. The summed E-state index contributed by atoms with van der Waals surface area (Å²) < 4.78 is 21.4. The van der Waals surface area contributed by atoms with Crippen LogP contribution in [0.4, 0.5) is 15.8 Å². The molecule has 0 radical (unpaired) electrons. The second kappa shape index (κ2) is 8.85. The Bertz CT molecular complexity index is 1170. The van der Waals surface area contributed by atoms with Crippen LogP contribution in [0.2, 0.25) is 0 Å². The summed E-state index contributed by atoms with van der Waals surface area (Å²) >= 11 is 0. The van der Waals surface area contributed by atoms with E-state index in [1.165, 1.54) is 10.7 Å². The van der Waals surface area contributed by atoms with Crippen LogP contribution in [0.1, 0.15) is 43.2 Å². The molecular weight excluding hydrogens is 399 g/mol.